The molecular formula is C23H29N5O3. The van der Waals surface area contributed by atoms with Crippen molar-refractivity contribution < 1.29 is 14.4 Å². The van der Waals surface area contributed by atoms with Crippen molar-refractivity contribution in [1.29, 1.82) is 0 Å². The van der Waals surface area contributed by atoms with Gasteiger partial charge in [0.05, 0.1) is 0 Å². The molecule has 0 spiro atoms. The summed E-state index contributed by atoms with van der Waals surface area (Å²) in [5.41, 5.74) is 2.79. The van der Waals surface area contributed by atoms with Gasteiger partial charge in [0.25, 0.3) is 11.8 Å². The second-order valence-corrected chi connectivity index (χ2v) is 8.59. The van der Waals surface area contributed by atoms with Crippen LogP contribution in [0.2, 0.25) is 0 Å². The lowest BCUT2D eigenvalue weighted by atomic mass is 10.1. The van der Waals surface area contributed by atoms with Gasteiger partial charge in [-0.3, -0.25) is 19.1 Å². The Bertz CT molecular complexity index is 995. The maximum Gasteiger partial charge on any atom is 0.272 e. The van der Waals surface area contributed by atoms with E-state index in [1.165, 1.54) is 6.07 Å². The van der Waals surface area contributed by atoms with Crippen LogP contribution in [0.4, 0.5) is 0 Å². The Labute approximate surface area is 182 Å². The molecule has 2 aromatic rings. The molecular weight excluding hydrogens is 394 g/mol. The highest BCUT2D eigenvalue weighted by molar-refractivity contribution is 5.99. The average molecular weight is 424 g/mol. The lowest BCUT2D eigenvalue weighted by Crippen LogP contribution is -2.45. The van der Waals surface area contributed by atoms with Crippen molar-refractivity contribution in [2.24, 2.45) is 5.92 Å². The van der Waals surface area contributed by atoms with Gasteiger partial charge in [-0.25, -0.2) is 0 Å². The molecule has 8 nitrogen and oxygen atoms in total. The molecule has 1 saturated carbocycles. The third-order valence-electron chi connectivity index (χ3n) is 5.78. The standard InChI is InChI=1S/C23H29N5O3/c1-15-5-3-6-18(11-15)14-27-9-4-10-28-20(23(27)31)12-19(26-28)22(30)25-16(2)21(29)24-13-17-7-8-17/h3,5-6,11-12,16-17H,4,7-10,13-14H2,1-2H3,(H,24,29)(H,25,30)/t16-/m0/s1. The first kappa shape index (κ1) is 21.1. The molecule has 1 fully saturated rings. The predicted octanol–water partition coefficient (Wildman–Crippen LogP) is 1.88. The molecule has 1 atom stereocenters. The number of nitrogens with zero attached hydrogens (tertiary/aromatic N) is 3. The van der Waals surface area contributed by atoms with Gasteiger partial charge in [0.2, 0.25) is 5.91 Å². The Hall–Kier alpha value is -3.16. The molecule has 1 aromatic heterocycles. The summed E-state index contributed by atoms with van der Waals surface area (Å²) in [6, 6.07) is 8.96. The van der Waals surface area contributed by atoms with Crippen LogP contribution in [-0.2, 0) is 17.9 Å². The number of carbonyl (C=O) groups is 3. The van der Waals surface area contributed by atoms with Gasteiger partial charge in [0, 0.05) is 32.2 Å². The summed E-state index contributed by atoms with van der Waals surface area (Å²) in [5.74, 6) is -0.223. The van der Waals surface area contributed by atoms with Crippen molar-refractivity contribution in [3.8, 4) is 0 Å². The van der Waals surface area contributed by atoms with E-state index in [1.807, 2.05) is 25.1 Å². The Balaban J connectivity index is 1.42. The van der Waals surface area contributed by atoms with E-state index in [0.29, 0.717) is 37.8 Å². The molecule has 0 saturated heterocycles. The highest BCUT2D eigenvalue weighted by Gasteiger charge is 2.28. The second-order valence-electron chi connectivity index (χ2n) is 8.59. The SMILES string of the molecule is Cc1cccc(CN2CCCn3nc(C(=O)N[C@@H](C)C(=O)NCC4CC4)cc3C2=O)c1. The van der Waals surface area contributed by atoms with E-state index in [2.05, 4.69) is 21.8 Å². The number of nitrogens with one attached hydrogen (secondary N) is 2. The van der Waals surface area contributed by atoms with Crippen molar-refractivity contribution in [2.75, 3.05) is 13.1 Å². The first-order valence-electron chi connectivity index (χ1n) is 10.9. The molecule has 164 valence electrons. The molecule has 3 amide bonds. The van der Waals surface area contributed by atoms with Crippen LogP contribution in [0.5, 0.6) is 0 Å². The monoisotopic (exact) mass is 423 g/mol. The normalized spacial score (nSPS) is 17.0. The number of amides is 3. The summed E-state index contributed by atoms with van der Waals surface area (Å²) in [5, 5.41) is 9.88. The molecule has 31 heavy (non-hydrogen) atoms. The number of carbonyl (C=O) groups excluding carboxylic acids is 3. The van der Waals surface area contributed by atoms with Gasteiger partial charge in [-0.1, -0.05) is 29.8 Å². The molecule has 2 N–H and O–H groups in total. The van der Waals surface area contributed by atoms with Gasteiger partial charge in [-0.15, -0.1) is 0 Å². The van der Waals surface area contributed by atoms with Gasteiger partial charge in [-0.2, -0.15) is 5.10 Å². The average Bonchev–Trinajstić information content (AvgIpc) is 3.50. The van der Waals surface area contributed by atoms with Gasteiger partial charge in [-0.05, 0) is 44.6 Å². The Morgan fingerprint density at radius 1 is 1.23 bits per heavy atom. The van der Waals surface area contributed by atoms with Gasteiger partial charge < -0.3 is 15.5 Å². The number of aromatic nitrogens is 2. The summed E-state index contributed by atoms with van der Waals surface area (Å²) < 4.78 is 1.60. The molecule has 1 aliphatic heterocycles. The summed E-state index contributed by atoms with van der Waals surface area (Å²) in [4.78, 5) is 39.7. The van der Waals surface area contributed by atoms with E-state index in [-0.39, 0.29) is 17.5 Å². The zero-order valence-corrected chi connectivity index (χ0v) is 18.1. The van der Waals surface area contributed by atoms with Gasteiger partial charge >= 0.3 is 0 Å². The van der Waals surface area contributed by atoms with E-state index in [4.69, 9.17) is 0 Å². The highest BCUT2D eigenvalue weighted by Crippen LogP contribution is 2.27. The summed E-state index contributed by atoms with van der Waals surface area (Å²) in [7, 11) is 0. The van der Waals surface area contributed by atoms with Crippen LogP contribution in [0.15, 0.2) is 30.3 Å². The zero-order chi connectivity index (χ0) is 22.0. The molecule has 0 unspecified atom stereocenters. The summed E-state index contributed by atoms with van der Waals surface area (Å²) >= 11 is 0. The largest absolute Gasteiger partial charge is 0.354 e. The first-order chi connectivity index (χ1) is 14.9. The van der Waals surface area contributed by atoms with Crippen LogP contribution in [0, 0.1) is 12.8 Å². The first-order valence-corrected chi connectivity index (χ1v) is 10.9. The van der Waals surface area contributed by atoms with Crippen molar-refractivity contribution in [1.82, 2.24) is 25.3 Å². The summed E-state index contributed by atoms with van der Waals surface area (Å²) in [6.07, 6.45) is 3.06. The molecule has 8 heteroatoms. The number of hydrogen-bond donors (Lipinski definition) is 2. The van der Waals surface area contributed by atoms with Crippen LogP contribution in [-0.4, -0.2) is 51.5 Å². The second kappa shape index (κ2) is 8.91. The topological polar surface area (TPSA) is 96.3 Å². The molecule has 4 rings (SSSR count). The molecule has 2 aliphatic rings. The minimum absolute atomic E-state index is 0.138. The van der Waals surface area contributed by atoms with Crippen molar-refractivity contribution >= 4 is 17.7 Å². The number of benzene rings is 1. The fourth-order valence-corrected chi connectivity index (χ4v) is 3.78. The lowest BCUT2D eigenvalue weighted by molar-refractivity contribution is -0.122. The van der Waals surface area contributed by atoms with E-state index < -0.39 is 11.9 Å². The molecule has 1 aromatic carbocycles. The van der Waals surface area contributed by atoms with Gasteiger partial charge in [0.1, 0.15) is 11.7 Å². The highest BCUT2D eigenvalue weighted by atomic mass is 16.2. The van der Waals surface area contributed by atoms with Gasteiger partial charge in [0.15, 0.2) is 5.69 Å². The van der Waals surface area contributed by atoms with Crippen LogP contribution < -0.4 is 10.6 Å². The Morgan fingerprint density at radius 3 is 2.77 bits per heavy atom. The fourth-order valence-electron chi connectivity index (χ4n) is 3.78. The predicted molar refractivity (Wildman–Crippen MR) is 115 cm³/mol. The molecule has 0 radical (unpaired) electrons. The number of aryl methyl sites for hydroxylation is 2. The quantitative estimate of drug-likeness (QED) is 0.711. The minimum Gasteiger partial charge on any atom is -0.354 e. The molecule has 1 aliphatic carbocycles. The zero-order valence-electron chi connectivity index (χ0n) is 18.1. The third kappa shape index (κ3) is 5.13. The van der Waals surface area contributed by atoms with E-state index >= 15 is 0 Å². The third-order valence-corrected chi connectivity index (χ3v) is 5.78. The van der Waals surface area contributed by atoms with Crippen LogP contribution in [0.3, 0.4) is 0 Å². The maximum absolute atomic E-state index is 13.1. The van der Waals surface area contributed by atoms with E-state index in [9.17, 15) is 14.4 Å². The van der Waals surface area contributed by atoms with Crippen LogP contribution in [0.1, 0.15) is 58.3 Å². The Morgan fingerprint density at radius 2 is 2.03 bits per heavy atom. The lowest BCUT2D eigenvalue weighted by Gasteiger charge is -2.20. The smallest absolute Gasteiger partial charge is 0.272 e. The number of hydrogen-bond acceptors (Lipinski definition) is 4. The number of rotatable bonds is 7. The van der Waals surface area contributed by atoms with E-state index in [0.717, 1.165) is 30.4 Å². The maximum atomic E-state index is 13.1. The Kier molecular flexibility index (Phi) is 6.06. The number of fused-ring (bicyclic) bond motifs is 1. The molecule has 0 bridgehead atoms. The van der Waals surface area contributed by atoms with Crippen molar-refractivity contribution in [3.05, 3.63) is 52.8 Å². The molecule has 2 heterocycles. The van der Waals surface area contributed by atoms with Crippen LogP contribution in [0.25, 0.3) is 0 Å². The van der Waals surface area contributed by atoms with E-state index in [1.54, 1.807) is 16.5 Å². The minimum atomic E-state index is -0.665. The fraction of sp³-hybridized carbons (Fsp3) is 0.478. The van der Waals surface area contributed by atoms with Crippen molar-refractivity contribution in [3.63, 3.8) is 0 Å². The van der Waals surface area contributed by atoms with Crippen LogP contribution >= 0.6 is 0 Å². The summed E-state index contributed by atoms with van der Waals surface area (Å²) in [6.45, 7) is 6.05. The van der Waals surface area contributed by atoms with Crippen molar-refractivity contribution in [2.45, 2.75) is 52.2 Å².